The second-order valence-electron chi connectivity index (χ2n) is 36.8. The zero-order valence-electron chi connectivity index (χ0n) is 73.4. The average molecular weight is 1700 g/mol. The molecule has 29 aromatic rings. The molecule has 622 valence electrons. The summed E-state index contributed by atoms with van der Waals surface area (Å²) in [6, 6.07) is 164. The molecule has 0 aliphatic heterocycles. The topological polar surface area (TPSA) is 51.9 Å². The Hall–Kier alpha value is -17.5. The van der Waals surface area contributed by atoms with E-state index in [4.69, 9.17) is 15.0 Å². The standard InChI is InChI=1S/C48H32N2.C43H26N2.C37H22N2/c1-48(2)41-12-6-5-11-37(41)38-22-20-35(28-42(38)48)33-18-16-30-25-32(17-15-31(30)26-33)34-21-24-44-40(27-34)46-36-10-4-3-9-29(36)19-23-39(46)47-49-43-13-7-8-14-45(43)50(44)47;1-4-12-33-28(9-1)21-23-36-42(33)38-25-30(22-24-40(38)45-41-16-8-7-15-39(41)44-43(36)45)27-17-19-29(20-18-27)37-26-31-10-2-3-11-32(31)34-13-5-6-14-35(34)37;1-4-12-27-23(9-1)17-19-30-36(27)32-22-25(18-20-34(32)39-35-16-8-7-15-33(35)38-37(30)39)31-21-24-10-2-3-11-26(24)28-13-5-6-14-29(28)31/h3-28H,1-2H3;1-26H;1-22H. The third-order valence-electron chi connectivity index (χ3n) is 29.2. The van der Waals surface area contributed by atoms with Crippen molar-refractivity contribution in [2.45, 2.75) is 19.3 Å². The van der Waals surface area contributed by atoms with Gasteiger partial charge in [0.1, 0.15) is 16.9 Å². The molecule has 30 rings (SSSR count). The van der Waals surface area contributed by atoms with Gasteiger partial charge in [0.25, 0.3) is 0 Å². The van der Waals surface area contributed by atoms with E-state index in [9.17, 15) is 0 Å². The Morgan fingerprint density at radius 3 is 0.933 bits per heavy atom. The predicted octanol–water partition coefficient (Wildman–Crippen LogP) is 34.2. The molecule has 0 unspecified atom stereocenters. The lowest BCUT2D eigenvalue weighted by Gasteiger charge is -2.22. The molecule has 6 heteroatoms. The zero-order valence-corrected chi connectivity index (χ0v) is 73.4. The SMILES string of the molecule is CC1(C)c2ccccc2-c2ccc(-c3ccc4cc(-c5ccc6c(c5)c5c7ccccc7ccc5c5nc7ccccc7n65)ccc4c3)cc21.c1ccc2c(c1)cc(-c1ccc(-c3ccc4c(c3)c3c5ccccc5ccc3c3nc5ccccc5n43)cc1)c1ccccc12.c1ccc2c(c1)cc(-c1ccc3c(c1)c1c4ccccc4ccc1c1nc4ccccc4n31)c1ccccc12. The number of imidazole rings is 3. The molecule has 1 aliphatic rings. The first-order valence-electron chi connectivity index (χ1n) is 46.3. The van der Waals surface area contributed by atoms with E-state index >= 15 is 0 Å². The molecule has 23 aromatic carbocycles. The van der Waals surface area contributed by atoms with Crippen molar-refractivity contribution in [1.29, 1.82) is 0 Å². The van der Waals surface area contributed by atoms with Crippen LogP contribution in [0.1, 0.15) is 25.0 Å². The van der Waals surface area contributed by atoms with E-state index in [0.717, 1.165) is 50.0 Å². The summed E-state index contributed by atoms with van der Waals surface area (Å²) in [6.45, 7) is 4.70. The molecule has 0 atom stereocenters. The van der Waals surface area contributed by atoms with Crippen LogP contribution in [0.5, 0.6) is 0 Å². The summed E-state index contributed by atoms with van der Waals surface area (Å²) in [7, 11) is 0. The van der Waals surface area contributed by atoms with Gasteiger partial charge in [0.15, 0.2) is 0 Å². The monoisotopic (exact) mass is 1700 g/mol. The quantitative estimate of drug-likeness (QED) is 0.161. The van der Waals surface area contributed by atoms with Crippen LogP contribution in [0.2, 0.25) is 0 Å². The largest absolute Gasteiger partial charge is 0.292 e. The number of fused-ring (bicyclic) bond motifs is 40. The maximum absolute atomic E-state index is 5.14. The summed E-state index contributed by atoms with van der Waals surface area (Å²) in [5.41, 5.74) is 30.8. The number of hydrogen-bond acceptors (Lipinski definition) is 3. The summed E-state index contributed by atoms with van der Waals surface area (Å²) in [5.74, 6) is 0. The van der Waals surface area contributed by atoms with Crippen LogP contribution in [0.25, 0.3) is 268 Å². The van der Waals surface area contributed by atoms with E-state index in [0.29, 0.717) is 0 Å². The molecule has 0 spiro atoms. The Morgan fingerprint density at radius 2 is 0.470 bits per heavy atom. The lowest BCUT2D eigenvalue weighted by atomic mass is 9.81. The molecule has 6 aromatic heterocycles. The average Bonchev–Trinajstić information content (AvgIpc) is 1.50. The van der Waals surface area contributed by atoms with Crippen molar-refractivity contribution in [3.8, 4) is 66.8 Å². The number of nitrogens with zero attached hydrogens (tertiary/aromatic N) is 6. The summed E-state index contributed by atoms with van der Waals surface area (Å²) >= 11 is 0. The molecular weight excluding hydrogens is 1620 g/mol. The highest BCUT2D eigenvalue weighted by atomic mass is 15.0. The van der Waals surface area contributed by atoms with Crippen molar-refractivity contribution >= 4 is 201 Å². The second-order valence-corrected chi connectivity index (χ2v) is 36.8. The Kier molecular flexibility index (Phi) is 16.5. The van der Waals surface area contributed by atoms with Gasteiger partial charge in [-0.15, -0.1) is 0 Å². The molecule has 6 nitrogen and oxygen atoms in total. The van der Waals surface area contributed by atoms with Crippen LogP contribution >= 0.6 is 0 Å². The highest BCUT2D eigenvalue weighted by molar-refractivity contribution is 6.28. The maximum Gasteiger partial charge on any atom is 0.146 e. The van der Waals surface area contributed by atoms with Gasteiger partial charge in [0, 0.05) is 53.9 Å². The Labute approximate surface area is 770 Å². The van der Waals surface area contributed by atoms with Crippen molar-refractivity contribution in [3.63, 3.8) is 0 Å². The number of pyridine rings is 3. The van der Waals surface area contributed by atoms with E-state index in [1.54, 1.807) is 0 Å². The van der Waals surface area contributed by atoms with Crippen molar-refractivity contribution in [3.05, 3.63) is 460 Å². The van der Waals surface area contributed by atoms with Crippen molar-refractivity contribution in [2.24, 2.45) is 0 Å². The second kappa shape index (κ2) is 29.3. The Morgan fingerprint density at radius 1 is 0.164 bits per heavy atom. The third kappa shape index (κ3) is 11.5. The molecule has 134 heavy (non-hydrogen) atoms. The smallest absolute Gasteiger partial charge is 0.146 e. The fourth-order valence-electron chi connectivity index (χ4n) is 22.8. The minimum Gasteiger partial charge on any atom is -0.292 e. The fraction of sp³-hybridized carbons (Fsp3) is 0.0234. The Balaban J connectivity index is 0.000000101. The van der Waals surface area contributed by atoms with Gasteiger partial charge >= 0.3 is 0 Å². The number of rotatable bonds is 5. The maximum atomic E-state index is 5.14. The minimum absolute atomic E-state index is 0.0120. The van der Waals surface area contributed by atoms with Crippen molar-refractivity contribution in [2.75, 3.05) is 0 Å². The number of aromatic nitrogens is 6. The first kappa shape index (κ1) is 75.5. The van der Waals surface area contributed by atoms with Gasteiger partial charge in [-0.3, -0.25) is 13.2 Å². The number of hydrogen-bond donors (Lipinski definition) is 0. The highest BCUT2D eigenvalue weighted by Crippen LogP contribution is 2.51. The summed E-state index contributed by atoms with van der Waals surface area (Å²) < 4.78 is 7.01. The van der Waals surface area contributed by atoms with E-state index in [1.807, 2.05) is 0 Å². The molecular formula is C128H80N6. The van der Waals surface area contributed by atoms with Gasteiger partial charge < -0.3 is 0 Å². The van der Waals surface area contributed by atoms with Crippen LogP contribution < -0.4 is 0 Å². The van der Waals surface area contributed by atoms with Gasteiger partial charge in [0.2, 0.25) is 0 Å². The summed E-state index contributed by atoms with van der Waals surface area (Å²) in [5, 5.41) is 31.3. The summed E-state index contributed by atoms with van der Waals surface area (Å²) in [6.07, 6.45) is 0. The molecule has 0 N–H and O–H groups in total. The van der Waals surface area contributed by atoms with Crippen LogP contribution in [0.15, 0.2) is 449 Å². The van der Waals surface area contributed by atoms with E-state index < -0.39 is 0 Å². The Bertz CT molecular complexity index is 10100. The van der Waals surface area contributed by atoms with Crippen LogP contribution in [0.3, 0.4) is 0 Å². The van der Waals surface area contributed by atoms with Crippen molar-refractivity contribution < 1.29 is 0 Å². The van der Waals surface area contributed by atoms with Gasteiger partial charge in [-0.05, 0) is 285 Å². The van der Waals surface area contributed by atoms with Gasteiger partial charge in [-0.1, -0.05) is 341 Å². The first-order valence-corrected chi connectivity index (χ1v) is 46.3. The molecule has 0 saturated carbocycles. The van der Waals surface area contributed by atoms with Gasteiger partial charge in [-0.2, -0.15) is 0 Å². The number of benzene rings is 23. The fourth-order valence-corrected chi connectivity index (χ4v) is 22.8. The molecule has 6 heterocycles. The third-order valence-corrected chi connectivity index (χ3v) is 29.2. The van der Waals surface area contributed by atoms with Crippen LogP contribution in [-0.4, -0.2) is 28.2 Å². The van der Waals surface area contributed by atoms with Gasteiger partial charge in [-0.25, -0.2) is 15.0 Å². The molecule has 0 bridgehead atoms. The minimum atomic E-state index is -0.0120. The lowest BCUT2D eigenvalue weighted by molar-refractivity contribution is 0.660. The van der Waals surface area contributed by atoms with Crippen LogP contribution in [0, 0.1) is 0 Å². The molecule has 0 saturated heterocycles. The molecule has 1 aliphatic carbocycles. The lowest BCUT2D eigenvalue weighted by Crippen LogP contribution is -2.14. The van der Waals surface area contributed by atoms with Crippen molar-refractivity contribution in [1.82, 2.24) is 28.2 Å². The van der Waals surface area contributed by atoms with Gasteiger partial charge in [0.05, 0.1) is 49.7 Å². The highest BCUT2D eigenvalue weighted by Gasteiger charge is 2.36. The van der Waals surface area contributed by atoms with E-state index in [-0.39, 0.29) is 5.41 Å². The van der Waals surface area contributed by atoms with Crippen LogP contribution in [0.4, 0.5) is 0 Å². The first-order chi connectivity index (χ1) is 66.2. The van der Waals surface area contributed by atoms with Crippen LogP contribution in [-0.2, 0) is 5.41 Å². The predicted molar refractivity (Wildman–Crippen MR) is 568 cm³/mol. The van der Waals surface area contributed by atoms with E-state index in [2.05, 4.69) is 476 Å². The zero-order chi connectivity index (χ0) is 88.1. The number of para-hydroxylation sites is 6. The summed E-state index contributed by atoms with van der Waals surface area (Å²) in [4.78, 5) is 15.4. The van der Waals surface area contributed by atoms with E-state index in [1.165, 1.54) is 229 Å². The molecule has 0 radical (unpaired) electrons. The molecule has 0 fully saturated rings. The normalized spacial score (nSPS) is 12.6. The molecule has 0 amide bonds.